The van der Waals surface area contributed by atoms with Gasteiger partial charge in [-0.2, -0.15) is 0 Å². The molecular formula is C18H16ClN3O5S. The molecule has 0 bridgehead atoms. The molecule has 1 aromatic carbocycles. The van der Waals surface area contributed by atoms with Gasteiger partial charge in [0.05, 0.1) is 23.7 Å². The van der Waals surface area contributed by atoms with Crippen molar-refractivity contribution in [2.45, 2.75) is 19.9 Å². The van der Waals surface area contributed by atoms with Crippen LogP contribution in [-0.2, 0) is 4.79 Å². The number of carboxylic acids is 1. The Balaban J connectivity index is 2.04. The molecule has 0 aliphatic heterocycles. The Morgan fingerprint density at radius 3 is 2.75 bits per heavy atom. The van der Waals surface area contributed by atoms with Gasteiger partial charge in [0, 0.05) is 10.4 Å². The zero-order valence-corrected chi connectivity index (χ0v) is 16.7. The molecule has 0 spiro atoms. The molecule has 2 heterocycles. The minimum absolute atomic E-state index is 0.0110. The number of amides is 1. The average molecular weight is 422 g/mol. The molecule has 3 rings (SSSR count). The van der Waals surface area contributed by atoms with E-state index in [1.807, 2.05) is 0 Å². The summed E-state index contributed by atoms with van der Waals surface area (Å²) in [6, 6.07) is 3.81. The number of aromatic nitrogens is 2. The number of fused-ring (bicyclic) bond motifs is 1. The van der Waals surface area contributed by atoms with Gasteiger partial charge >= 0.3 is 5.97 Å². The summed E-state index contributed by atoms with van der Waals surface area (Å²) >= 11 is 7.05. The number of halogens is 1. The Hall–Kier alpha value is -2.91. The molecule has 0 aliphatic rings. The van der Waals surface area contributed by atoms with Crippen molar-refractivity contribution in [2.24, 2.45) is 0 Å². The number of aryl methyl sites for hydroxylation is 1. The largest absolute Gasteiger partial charge is 0.495 e. The molecule has 2 N–H and O–H groups in total. The van der Waals surface area contributed by atoms with E-state index in [-0.39, 0.29) is 10.9 Å². The Morgan fingerprint density at radius 1 is 1.39 bits per heavy atom. The SMILES string of the molecule is COc1ccc(Cl)cc1NC(=O)C(C)n1c(C)nc2scc(C(=O)O)c2c1=O. The van der Waals surface area contributed by atoms with Crippen molar-refractivity contribution in [2.75, 3.05) is 12.4 Å². The van der Waals surface area contributed by atoms with E-state index >= 15 is 0 Å². The van der Waals surface area contributed by atoms with Gasteiger partial charge < -0.3 is 15.2 Å². The number of hydrogen-bond acceptors (Lipinski definition) is 6. The predicted octanol–water partition coefficient (Wildman–Crippen LogP) is 3.33. The van der Waals surface area contributed by atoms with Crippen LogP contribution < -0.4 is 15.6 Å². The molecule has 8 nitrogen and oxygen atoms in total. The standard InChI is InChI=1S/C18H16ClN3O5S/c1-8(15(23)21-12-6-10(19)4-5-13(12)27-3)22-9(2)20-16-14(17(22)24)11(7-28-16)18(25)26/h4-8H,1-3H3,(H,21,23)(H,25,26). The summed E-state index contributed by atoms with van der Waals surface area (Å²) in [4.78, 5) is 41.7. The monoisotopic (exact) mass is 421 g/mol. The number of benzene rings is 1. The van der Waals surface area contributed by atoms with E-state index in [9.17, 15) is 19.5 Å². The van der Waals surface area contributed by atoms with Crippen LogP contribution in [0.25, 0.3) is 10.2 Å². The molecule has 0 fully saturated rings. The van der Waals surface area contributed by atoms with Gasteiger partial charge in [0.25, 0.3) is 5.56 Å². The third-order valence-corrected chi connectivity index (χ3v) is 5.34. The summed E-state index contributed by atoms with van der Waals surface area (Å²) in [5.41, 5.74) is -0.356. The topological polar surface area (TPSA) is 111 Å². The Bertz CT molecular complexity index is 1150. The minimum atomic E-state index is -1.22. The lowest BCUT2D eigenvalue weighted by molar-refractivity contribution is -0.118. The highest BCUT2D eigenvalue weighted by Gasteiger charge is 2.24. The normalized spacial score (nSPS) is 12.0. The number of anilines is 1. The Kier molecular flexibility index (Phi) is 5.39. The number of nitrogens with one attached hydrogen (secondary N) is 1. The highest BCUT2D eigenvalue weighted by atomic mass is 35.5. The lowest BCUT2D eigenvalue weighted by atomic mass is 10.2. The van der Waals surface area contributed by atoms with Crippen LogP contribution in [0, 0.1) is 6.92 Å². The number of methoxy groups -OCH3 is 1. The van der Waals surface area contributed by atoms with Crippen molar-refractivity contribution in [1.29, 1.82) is 0 Å². The van der Waals surface area contributed by atoms with Crippen LogP contribution in [0.1, 0.15) is 29.1 Å². The van der Waals surface area contributed by atoms with E-state index in [4.69, 9.17) is 16.3 Å². The molecule has 1 unspecified atom stereocenters. The average Bonchev–Trinajstić information content (AvgIpc) is 3.06. The van der Waals surface area contributed by atoms with E-state index in [0.717, 1.165) is 11.3 Å². The van der Waals surface area contributed by atoms with E-state index in [1.54, 1.807) is 19.1 Å². The number of nitrogens with zero attached hydrogens (tertiary/aromatic N) is 2. The Morgan fingerprint density at radius 2 is 2.11 bits per heavy atom. The number of carbonyl (C=O) groups excluding carboxylic acids is 1. The second-order valence-electron chi connectivity index (χ2n) is 5.98. The van der Waals surface area contributed by atoms with Crippen LogP contribution in [-0.4, -0.2) is 33.6 Å². The fraction of sp³-hybridized carbons (Fsp3) is 0.222. The highest BCUT2D eigenvalue weighted by Crippen LogP contribution is 2.29. The first-order valence-electron chi connectivity index (χ1n) is 8.12. The van der Waals surface area contributed by atoms with Gasteiger partial charge in [0.1, 0.15) is 22.4 Å². The molecule has 0 saturated carbocycles. The van der Waals surface area contributed by atoms with Crippen LogP contribution >= 0.6 is 22.9 Å². The van der Waals surface area contributed by atoms with Gasteiger partial charge in [-0.25, -0.2) is 9.78 Å². The summed E-state index contributed by atoms with van der Waals surface area (Å²) in [5.74, 6) is -1.01. The van der Waals surface area contributed by atoms with E-state index in [1.165, 1.54) is 30.0 Å². The molecule has 3 aromatic rings. The minimum Gasteiger partial charge on any atom is -0.495 e. The van der Waals surface area contributed by atoms with Crippen LogP contribution in [0.4, 0.5) is 5.69 Å². The fourth-order valence-electron chi connectivity index (χ4n) is 2.85. The second kappa shape index (κ2) is 7.61. The summed E-state index contributed by atoms with van der Waals surface area (Å²) in [6.07, 6.45) is 0. The maximum absolute atomic E-state index is 13.0. The molecule has 0 aliphatic carbocycles. The van der Waals surface area contributed by atoms with Crippen molar-refractivity contribution >= 4 is 50.7 Å². The Labute approximate surface area is 168 Å². The maximum Gasteiger partial charge on any atom is 0.337 e. The summed E-state index contributed by atoms with van der Waals surface area (Å²) < 4.78 is 6.38. The van der Waals surface area contributed by atoms with Gasteiger partial charge in [-0.3, -0.25) is 14.2 Å². The summed E-state index contributed by atoms with van der Waals surface area (Å²) in [6.45, 7) is 3.12. The number of aromatic carboxylic acids is 1. The first kappa shape index (κ1) is 19.8. The van der Waals surface area contributed by atoms with Crippen molar-refractivity contribution in [3.05, 3.63) is 50.3 Å². The van der Waals surface area contributed by atoms with E-state index in [2.05, 4.69) is 10.3 Å². The molecule has 0 radical (unpaired) electrons. The van der Waals surface area contributed by atoms with Gasteiger partial charge in [-0.15, -0.1) is 11.3 Å². The van der Waals surface area contributed by atoms with Crippen molar-refractivity contribution in [3.8, 4) is 5.75 Å². The van der Waals surface area contributed by atoms with Crippen molar-refractivity contribution in [3.63, 3.8) is 0 Å². The fourth-order valence-corrected chi connectivity index (χ4v) is 3.97. The van der Waals surface area contributed by atoms with Crippen molar-refractivity contribution in [1.82, 2.24) is 9.55 Å². The van der Waals surface area contributed by atoms with Crippen LogP contribution in [0.3, 0.4) is 0 Å². The number of ether oxygens (including phenoxy) is 1. The highest BCUT2D eigenvalue weighted by molar-refractivity contribution is 7.17. The van der Waals surface area contributed by atoms with Crippen LogP contribution in [0.2, 0.25) is 5.02 Å². The predicted molar refractivity (Wildman–Crippen MR) is 107 cm³/mol. The molecule has 0 saturated heterocycles. The molecule has 1 amide bonds. The molecule has 146 valence electrons. The lowest BCUT2D eigenvalue weighted by Gasteiger charge is -2.18. The molecule has 1 atom stereocenters. The zero-order chi connectivity index (χ0) is 20.6. The smallest absolute Gasteiger partial charge is 0.337 e. The number of rotatable bonds is 5. The quantitative estimate of drug-likeness (QED) is 0.653. The first-order chi connectivity index (χ1) is 13.2. The molecular weight excluding hydrogens is 406 g/mol. The summed E-state index contributed by atoms with van der Waals surface area (Å²) in [7, 11) is 1.46. The molecule has 28 heavy (non-hydrogen) atoms. The third-order valence-electron chi connectivity index (χ3n) is 4.23. The zero-order valence-electron chi connectivity index (χ0n) is 15.1. The number of carboxylic acid groups (broad SMARTS) is 1. The van der Waals surface area contributed by atoms with E-state index < -0.39 is 23.5 Å². The van der Waals surface area contributed by atoms with Crippen molar-refractivity contribution < 1.29 is 19.4 Å². The second-order valence-corrected chi connectivity index (χ2v) is 7.27. The number of carbonyl (C=O) groups is 2. The first-order valence-corrected chi connectivity index (χ1v) is 9.38. The third kappa shape index (κ3) is 3.46. The van der Waals surface area contributed by atoms with Gasteiger partial charge in [-0.05, 0) is 32.0 Å². The van der Waals surface area contributed by atoms with Crippen LogP contribution in [0.15, 0.2) is 28.4 Å². The number of thiophene rings is 1. The van der Waals surface area contributed by atoms with Crippen LogP contribution in [0.5, 0.6) is 5.75 Å². The van der Waals surface area contributed by atoms with E-state index in [0.29, 0.717) is 27.1 Å². The maximum atomic E-state index is 13.0. The lowest BCUT2D eigenvalue weighted by Crippen LogP contribution is -2.34. The summed E-state index contributed by atoms with van der Waals surface area (Å²) in [5, 5.41) is 13.8. The van der Waals surface area contributed by atoms with Gasteiger partial charge in [0.2, 0.25) is 5.91 Å². The van der Waals surface area contributed by atoms with Gasteiger partial charge in [-0.1, -0.05) is 11.6 Å². The number of hydrogen-bond donors (Lipinski definition) is 2. The molecule has 2 aromatic heterocycles. The molecule has 10 heteroatoms. The van der Waals surface area contributed by atoms with Gasteiger partial charge in [0.15, 0.2) is 0 Å².